The first-order valence-corrected chi connectivity index (χ1v) is 8.01. The lowest BCUT2D eigenvalue weighted by atomic mass is 10.2. The SMILES string of the molecule is O=C(Nc1ccccc1Oc1ccc(Cl)cc1Cl)C(Cl)=C(Cl)Cl. The van der Waals surface area contributed by atoms with Crippen molar-refractivity contribution in [2.45, 2.75) is 0 Å². The Kier molecular flexibility index (Phi) is 6.45. The molecule has 0 saturated carbocycles. The standard InChI is InChI=1S/C15H8Cl5NO2/c16-8-5-6-11(9(17)7-8)23-12-4-2-1-3-10(12)21-15(22)13(18)14(19)20/h1-7H,(H,21,22). The summed E-state index contributed by atoms with van der Waals surface area (Å²) in [5, 5.41) is 3.04. The number of nitrogens with one attached hydrogen (secondary N) is 1. The first-order valence-electron chi connectivity index (χ1n) is 6.12. The number of hydrogen-bond donors (Lipinski definition) is 1. The van der Waals surface area contributed by atoms with Crippen LogP contribution >= 0.6 is 58.0 Å². The molecule has 3 nitrogen and oxygen atoms in total. The summed E-state index contributed by atoms with van der Waals surface area (Å²) in [5.74, 6) is 0.0833. The van der Waals surface area contributed by atoms with Gasteiger partial charge in [0.05, 0.1) is 10.7 Å². The third-order valence-corrected chi connectivity index (χ3v) is 4.08. The van der Waals surface area contributed by atoms with Crippen molar-refractivity contribution in [2.24, 2.45) is 0 Å². The van der Waals surface area contributed by atoms with Gasteiger partial charge in [-0.15, -0.1) is 0 Å². The smallest absolute Gasteiger partial charge is 0.269 e. The maximum Gasteiger partial charge on any atom is 0.269 e. The van der Waals surface area contributed by atoms with Crippen LogP contribution in [0.1, 0.15) is 0 Å². The molecule has 1 amide bonds. The Labute approximate surface area is 157 Å². The Morgan fingerprint density at radius 2 is 1.65 bits per heavy atom. The summed E-state index contributed by atoms with van der Waals surface area (Å²) in [5.41, 5.74) is 0.372. The number of hydrogen-bond acceptors (Lipinski definition) is 2. The molecule has 1 N–H and O–H groups in total. The van der Waals surface area contributed by atoms with Gasteiger partial charge in [-0.1, -0.05) is 70.1 Å². The van der Waals surface area contributed by atoms with Crippen LogP contribution in [0.5, 0.6) is 11.5 Å². The third kappa shape index (κ3) is 4.93. The van der Waals surface area contributed by atoms with Crippen molar-refractivity contribution in [2.75, 3.05) is 5.32 Å². The molecule has 0 aliphatic heterocycles. The summed E-state index contributed by atoms with van der Waals surface area (Å²) in [4.78, 5) is 11.9. The Hall–Kier alpha value is -1.10. The summed E-state index contributed by atoms with van der Waals surface area (Å²) in [6.07, 6.45) is 0. The van der Waals surface area contributed by atoms with Crippen LogP contribution in [0.2, 0.25) is 10.0 Å². The maximum absolute atomic E-state index is 11.9. The molecule has 2 rings (SSSR count). The van der Waals surface area contributed by atoms with Crippen molar-refractivity contribution in [3.05, 3.63) is 62.0 Å². The van der Waals surface area contributed by atoms with E-state index in [1.54, 1.807) is 42.5 Å². The largest absolute Gasteiger partial charge is 0.454 e. The summed E-state index contributed by atoms with van der Waals surface area (Å²) in [6, 6.07) is 11.5. The molecule has 0 fully saturated rings. The number of anilines is 1. The van der Waals surface area contributed by atoms with Crippen LogP contribution in [0, 0.1) is 0 Å². The molecule has 0 aromatic heterocycles. The van der Waals surface area contributed by atoms with E-state index in [0.29, 0.717) is 27.2 Å². The summed E-state index contributed by atoms with van der Waals surface area (Å²) in [6.45, 7) is 0. The van der Waals surface area contributed by atoms with E-state index >= 15 is 0 Å². The highest BCUT2D eigenvalue weighted by atomic mass is 35.5. The number of rotatable bonds is 4. The van der Waals surface area contributed by atoms with E-state index in [0.717, 1.165) is 0 Å². The Balaban J connectivity index is 2.27. The molecule has 2 aromatic rings. The molecule has 0 atom stereocenters. The first-order chi connectivity index (χ1) is 10.9. The van der Waals surface area contributed by atoms with Crippen molar-refractivity contribution in [1.29, 1.82) is 0 Å². The Bertz CT molecular complexity index is 772. The average molecular weight is 411 g/mol. The van der Waals surface area contributed by atoms with Gasteiger partial charge in [-0.25, -0.2) is 0 Å². The third-order valence-electron chi connectivity index (χ3n) is 2.61. The van der Waals surface area contributed by atoms with Gasteiger partial charge < -0.3 is 10.1 Å². The maximum atomic E-state index is 11.9. The van der Waals surface area contributed by atoms with Gasteiger partial charge in [-0.2, -0.15) is 0 Å². The normalized spacial score (nSPS) is 10.1. The van der Waals surface area contributed by atoms with E-state index in [1.807, 2.05) is 0 Å². The fraction of sp³-hybridized carbons (Fsp3) is 0. The van der Waals surface area contributed by atoms with Gasteiger partial charge in [0.25, 0.3) is 5.91 Å². The number of para-hydroxylation sites is 2. The molecule has 0 spiro atoms. The number of carbonyl (C=O) groups is 1. The predicted molar refractivity (Wildman–Crippen MR) is 96.2 cm³/mol. The van der Waals surface area contributed by atoms with E-state index in [4.69, 9.17) is 62.7 Å². The van der Waals surface area contributed by atoms with Crippen LogP contribution in [0.3, 0.4) is 0 Å². The predicted octanol–water partition coefficient (Wildman–Crippen LogP) is 6.61. The second-order valence-corrected chi connectivity index (χ2v) is 6.37. The topological polar surface area (TPSA) is 38.3 Å². The van der Waals surface area contributed by atoms with Crippen LogP contribution in [0.4, 0.5) is 5.69 Å². The molecule has 0 unspecified atom stereocenters. The highest BCUT2D eigenvalue weighted by Gasteiger charge is 2.14. The monoisotopic (exact) mass is 409 g/mol. The first kappa shape index (κ1) is 18.2. The minimum absolute atomic E-state index is 0.326. The molecule has 2 aromatic carbocycles. The highest BCUT2D eigenvalue weighted by Crippen LogP contribution is 2.35. The quantitative estimate of drug-likeness (QED) is 0.575. The number of carbonyl (C=O) groups excluding carboxylic acids is 1. The van der Waals surface area contributed by atoms with Crippen LogP contribution in [0.25, 0.3) is 0 Å². The van der Waals surface area contributed by atoms with Crippen LogP contribution in [0.15, 0.2) is 52.0 Å². The number of amides is 1. The number of ether oxygens (including phenoxy) is 1. The van der Waals surface area contributed by atoms with Gasteiger partial charge in [0.15, 0.2) is 5.75 Å². The minimum Gasteiger partial charge on any atom is -0.454 e. The van der Waals surface area contributed by atoms with Crippen LogP contribution in [-0.4, -0.2) is 5.91 Å². The molecule has 23 heavy (non-hydrogen) atoms. The summed E-state index contributed by atoms with van der Waals surface area (Å²) in [7, 11) is 0. The number of halogens is 5. The van der Waals surface area contributed by atoms with Gasteiger partial charge in [0.1, 0.15) is 15.3 Å². The second kappa shape index (κ2) is 8.13. The summed E-state index contributed by atoms with van der Waals surface area (Å²) >= 11 is 28.6. The summed E-state index contributed by atoms with van der Waals surface area (Å²) < 4.78 is 5.38. The van der Waals surface area contributed by atoms with Crippen molar-refractivity contribution in [3.8, 4) is 11.5 Å². The van der Waals surface area contributed by atoms with E-state index in [9.17, 15) is 4.79 Å². The second-order valence-electron chi connectivity index (χ2n) is 4.20. The lowest BCUT2D eigenvalue weighted by molar-refractivity contribution is -0.112. The molecule has 0 radical (unpaired) electrons. The van der Waals surface area contributed by atoms with E-state index in [1.165, 1.54) is 0 Å². The van der Waals surface area contributed by atoms with Crippen molar-refractivity contribution in [1.82, 2.24) is 0 Å². The molecule has 0 aliphatic rings. The fourth-order valence-corrected chi connectivity index (χ4v) is 2.26. The van der Waals surface area contributed by atoms with E-state index in [-0.39, 0.29) is 9.52 Å². The average Bonchev–Trinajstić information content (AvgIpc) is 2.50. The van der Waals surface area contributed by atoms with Gasteiger partial charge in [0, 0.05) is 5.02 Å². The van der Waals surface area contributed by atoms with Gasteiger partial charge in [0.2, 0.25) is 0 Å². The van der Waals surface area contributed by atoms with Crippen molar-refractivity contribution in [3.63, 3.8) is 0 Å². The zero-order valence-electron chi connectivity index (χ0n) is 11.2. The molecule has 0 aliphatic carbocycles. The molecular formula is C15H8Cl5NO2. The fourth-order valence-electron chi connectivity index (χ4n) is 1.60. The van der Waals surface area contributed by atoms with Crippen molar-refractivity contribution < 1.29 is 9.53 Å². The number of benzene rings is 2. The minimum atomic E-state index is -0.662. The van der Waals surface area contributed by atoms with Crippen LogP contribution in [-0.2, 0) is 4.79 Å². The molecule has 0 saturated heterocycles. The van der Waals surface area contributed by atoms with E-state index in [2.05, 4.69) is 5.32 Å². The lowest BCUT2D eigenvalue weighted by Crippen LogP contribution is -2.12. The molecular weight excluding hydrogens is 403 g/mol. The van der Waals surface area contributed by atoms with Gasteiger partial charge >= 0.3 is 0 Å². The molecule has 120 valence electrons. The zero-order valence-corrected chi connectivity index (χ0v) is 15.0. The van der Waals surface area contributed by atoms with Gasteiger partial charge in [-0.05, 0) is 30.3 Å². The molecule has 8 heteroatoms. The Morgan fingerprint density at radius 1 is 0.957 bits per heavy atom. The zero-order chi connectivity index (χ0) is 17.0. The Morgan fingerprint density at radius 3 is 2.30 bits per heavy atom. The highest BCUT2D eigenvalue weighted by molar-refractivity contribution is 6.63. The van der Waals surface area contributed by atoms with Crippen molar-refractivity contribution >= 4 is 69.6 Å². The van der Waals surface area contributed by atoms with Crippen LogP contribution < -0.4 is 10.1 Å². The van der Waals surface area contributed by atoms with E-state index < -0.39 is 5.91 Å². The lowest BCUT2D eigenvalue weighted by Gasteiger charge is -2.13. The molecule has 0 bridgehead atoms. The van der Waals surface area contributed by atoms with Gasteiger partial charge in [-0.3, -0.25) is 4.79 Å². The molecule has 0 heterocycles.